The van der Waals surface area contributed by atoms with E-state index in [9.17, 15) is 4.79 Å². The molecule has 130 valence electrons. The van der Waals surface area contributed by atoms with Crippen molar-refractivity contribution in [1.82, 2.24) is 4.98 Å². The zero-order valence-corrected chi connectivity index (χ0v) is 16.6. The van der Waals surface area contributed by atoms with Crippen molar-refractivity contribution in [1.29, 1.82) is 0 Å². The molecule has 1 aromatic heterocycles. The van der Waals surface area contributed by atoms with Gasteiger partial charge in [0.1, 0.15) is 5.69 Å². The van der Waals surface area contributed by atoms with E-state index in [0.29, 0.717) is 11.4 Å². The highest BCUT2D eigenvalue weighted by Gasteiger charge is 2.17. The lowest BCUT2D eigenvalue weighted by Crippen LogP contribution is -2.11. The Labute approximate surface area is 151 Å². The molecule has 0 aromatic carbocycles. The summed E-state index contributed by atoms with van der Waals surface area (Å²) in [7, 11) is 0. The van der Waals surface area contributed by atoms with Crippen LogP contribution >= 0.6 is 11.8 Å². The van der Waals surface area contributed by atoms with Crippen molar-refractivity contribution in [3.05, 3.63) is 63.4 Å². The highest BCUT2D eigenvalue weighted by molar-refractivity contribution is 8.03. The topological polar surface area (TPSA) is 30.0 Å². The quantitative estimate of drug-likeness (QED) is 0.323. The minimum Gasteiger partial charge on any atom is -0.287 e. The van der Waals surface area contributed by atoms with Gasteiger partial charge in [-0.05, 0) is 62.6 Å². The average Bonchev–Trinajstić information content (AvgIpc) is 2.55. The van der Waals surface area contributed by atoms with Gasteiger partial charge in [0.25, 0.3) is 0 Å². The predicted molar refractivity (Wildman–Crippen MR) is 107 cm³/mol. The van der Waals surface area contributed by atoms with Gasteiger partial charge in [0.05, 0.1) is 0 Å². The molecule has 0 saturated carbocycles. The molecule has 0 aliphatic carbocycles. The van der Waals surface area contributed by atoms with E-state index in [4.69, 9.17) is 0 Å². The Morgan fingerprint density at radius 3 is 2.50 bits per heavy atom. The summed E-state index contributed by atoms with van der Waals surface area (Å²) in [4.78, 5) is 18.6. The molecule has 0 aliphatic heterocycles. The van der Waals surface area contributed by atoms with Gasteiger partial charge in [0.2, 0.25) is 5.78 Å². The Morgan fingerprint density at radius 2 is 1.96 bits per heavy atom. The predicted octanol–water partition coefficient (Wildman–Crippen LogP) is 6.13. The lowest BCUT2D eigenvalue weighted by Gasteiger charge is -2.12. The lowest BCUT2D eigenvalue weighted by atomic mass is 10.0. The van der Waals surface area contributed by atoms with Crippen molar-refractivity contribution in [3.63, 3.8) is 0 Å². The average molecular weight is 344 g/mol. The third-order valence-corrected chi connectivity index (χ3v) is 5.32. The first-order valence-electron chi connectivity index (χ1n) is 8.45. The van der Waals surface area contributed by atoms with E-state index in [1.165, 1.54) is 10.5 Å². The number of hydrogen-bond acceptors (Lipinski definition) is 3. The number of allylic oxidation sites excluding steroid dienone is 4. The van der Waals surface area contributed by atoms with Gasteiger partial charge >= 0.3 is 0 Å². The highest BCUT2D eigenvalue weighted by Crippen LogP contribution is 2.26. The van der Waals surface area contributed by atoms with Crippen LogP contribution in [0.4, 0.5) is 0 Å². The van der Waals surface area contributed by atoms with E-state index < -0.39 is 0 Å². The van der Waals surface area contributed by atoms with E-state index in [0.717, 1.165) is 35.2 Å². The molecule has 0 fully saturated rings. The van der Waals surface area contributed by atoms with Crippen molar-refractivity contribution < 1.29 is 4.79 Å². The fourth-order valence-corrected chi connectivity index (χ4v) is 3.51. The van der Waals surface area contributed by atoms with Crippen molar-refractivity contribution in [2.24, 2.45) is 0 Å². The molecule has 0 bridgehead atoms. The van der Waals surface area contributed by atoms with E-state index in [2.05, 4.69) is 25.4 Å². The summed E-state index contributed by atoms with van der Waals surface area (Å²) in [6, 6.07) is 2.04. The van der Waals surface area contributed by atoms with Crippen LogP contribution < -0.4 is 0 Å². The lowest BCUT2D eigenvalue weighted by molar-refractivity contribution is 0.102. The zero-order chi connectivity index (χ0) is 18.3. The molecule has 1 rings (SSSR count). The molecule has 0 radical (unpaired) electrons. The van der Waals surface area contributed by atoms with Gasteiger partial charge in [-0.1, -0.05) is 38.1 Å². The first-order chi connectivity index (χ1) is 11.3. The first-order valence-corrected chi connectivity index (χ1v) is 9.43. The summed E-state index contributed by atoms with van der Waals surface area (Å²) in [5.74, 6) is 0.699. The second-order valence-corrected chi connectivity index (χ2v) is 7.21. The van der Waals surface area contributed by atoms with Crippen LogP contribution in [-0.4, -0.2) is 16.5 Å². The summed E-state index contributed by atoms with van der Waals surface area (Å²) in [5.41, 5.74) is 5.63. The first kappa shape index (κ1) is 20.4. The number of thioether (sulfide) groups is 1. The number of ketones is 1. The van der Waals surface area contributed by atoms with Crippen molar-refractivity contribution in [2.75, 3.05) is 5.75 Å². The largest absolute Gasteiger partial charge is 0.287 e. The molecule has 24 heavy (non-hydrogen) atoms. The Morgan fingerprint density at radius 1 is 1.29 bits per heavy atom. The van der Waals surface area contributed by atoms with Crippen molar-refractivity contribution in [2.45, 2.75) is 54.4 Å². The monoisotopic (exact) mass is 343 g/mol. The molecule has 0 atom stereocenters. The van der Waals surface area contributed by atoms with Gasteiger partial charge in [0.15, 0.2) is 0 Å². The van der Waals surface area contributed by atoms with Crippen LogP contribution in [0.15, 0.2) is 40.8 Å². The maximum absolute atomic E-state index is 12.9. The standard InChI is InChI=1S/C21H29NOS/c1-8-11-18(9-2)17(7)24-13-19(10-3)21(23)20-15(5)12-14(4)16(6)22-20/h9-10,12H,2,8,11,13H2,1,3-7H3/b18-17+,19-10-. The zero-order valence-electron chi connectivity index (χ0n) is 15.8. The van der Waals surface area contributed by atoms with Gasteiger partial charge in [0, 0.05) is 17.0 Å². The molecule has 0 spiro atoms. The second kappa shape index (κ2) is 9.63. The molecule has 0 aliphatic rings. The molecular weight excluding hydrogens is 314 g/mol. The molecule has 0 amide bonds. The summed E-state index contributed by atoms with van der Waals surface area (Å²) in [6.45, 7) is 16.0. The third-order valence-electron chi connectivity index (χ3n) is 4.17. The number of rotatable bonds is 8. The Hall–Kier alpha value is -1.61. The molecule has 0 saturated heterocycles. The van der Waals surface area contributed by atoms with E-state index in [-0.39, 0.29) is 5.78 Å². The second-order valence-electron chi connectivity index (χ2n) is 6.02. The Kier molecular flexibility index (Phi) is 8.20. The van der Waals surface area contributed by atoms with Crippen LogP contribution in [0.5, 0.6) is 0 Å². The number of carbonyl (C=O) groups is 1. The van der Waals surface area contributed by atoms with Gasteiger partial charge in [-0.25, -0.2) is 4.98 Å². The Bertz CT molecular complexity index is 683. The number of hydrogen-bond donors (Lipinski definition) is 0. The molecule has 0 unspecified atom stereocenters. The van der Waals surface area contributed by atoms with E-state index >= 15 is 0 Å². The molecule has 2 nitrogen and oxygen atoms in total. The number of aryl methyl sites for hydroxylation is 3. The van der Waals surface area contributed by atoms with Crippen LogP contribution in [0.1, 0.15) is 60.9 Å². The molecule has 1 aromatic rings. The molecule has 1 heterocycles. The maximum Gasteiger partial charge on any atom is 0.208 e. The number of nitrogens with zero attached hydrogens (tertiary/aromatic N) is 1. The van der Waals surface area contributed by atoms with Crippen LogP contribution in [0.3, 0.4) is 0 Å². The SMILES string of the molecule is C=C/C(CCC)=C(/C)SC/C(=C/C)C(=O)c1nc(C)c(C)cc1C. The number of carbonyl (C=O) groups excluding carboxylic acids is 1. The summed E-state index contributed by atoms with van der Waals surface area (Å²) in [6.07, 6.45) is 5.96. The summed E-state index contributed by atoms with van der Waals surface area (Å²) >= 11 is 1.71. The number of aromatic nitrogens is 1. The minimum absolute atomic E-state index is 0.0362. The van der Waals surface area contributed by atoms with Crippen LogP contribution in [-0.2, 0) is 0 Å². The van der Waals surface area contributed by atoms with Gasteiger partial charge in [-0.2, -0.15) is 0 Å². The maximum atomic E-state index is 12.9. The van der Waals surface area contributed by atoms with E-state index in [1.54, 1.807) is 11.8 Å². The number of Topliss-reactive ketones (excluding diaryl/α,β-unsaturated/α-hetero) is 1. The smallest absolute Gasteiger partial charge is 0.208 e. The van der Waals surface area contributed by atoms with Gasteiger partial charge in [-0.15, -0.1) is 11.8 Å². The molecule has 0 N–H and O–H groups in total. The van der Waals surface area contributed by atoms with Gasteiger partial charge in [-0.3, -0.25) is 4.79 Å². The molecule has 3 heteroatoms. The normalized spacial score (nSPS) is 12.8. The fraction of sp³-hybridized carbons (Fsp3) is 0.429. The van der Waals surface area contributed by atoms with Crippen molar-refractivity contribution >= 4 is 17.5 Å². The highest BCUT2D eigenvalue weighted by atomic mass is 32.2. The van der Waals surface area contributed by atoms with Crippen molar-refractivity contribution in [3.8, 4) is 0 Å². The van der Waals surface area contributed by atoms with E-state index in [1.807, 2.05) is 45.9 Å². The Balaban J connectivity index is 2.97. The van der Waals surface area contributed by atoms with Crippen LogP contribution in [0, 0.1) is 20.8 Å². The third kappa shape index (κ3) is 5.20. The van der Waals surface area contributed by atoms with Crippen LogP contribution in [0.25, 0.3) is 0 Å². The summed E-state index contributed by atoms with van der Waals surface area (Å²) < 4.78 is 0. The molecular formula is C21H29NOS. The number of pyridine rings is 1. The fourth-order valence-electron chi connectivity index (χ4n) is 2.47. The van der Waals surface area contributed by atoms with Gasteiger partial charge < -0.3 is 0 Å². The summed E-state index contributed by atoms with van der Waals surface area (Å²) in [5, 5.41) is 0. The van der Waals surface area contributed by atoms with Crippen LogP contribution in [0.2, 0.25) is 0 Å². The minimum atomic E-state index is 0.0362.